The molecule has 0 aliphatic carbocycles. The third-order valence-electron chi connectivity index (χ3n) is 3.88. The minimum Gasteiger partial charge on any atom is -0.447 e. The summed E-state index contributed by atoms with van der Waals surface area (Å²) in [5.74, 6) is 0.912. The second kappa shape index (κ2) is 6.34. The van der Waals surface area contributed by atoms with E-state index in [0.29, 0.717) is 12.1 Å². The van der Waals surface area contributed by atoms with Gasteiger partial charge in [-0.1, -0.05) is 13.3 Å². The molecule has 0 radical (unpaired) electrons. The topological polar surface area (TPSA) is 41.3 Å². The van der Waals surface area contributed by atoms with Crippen LogP contribution >= 0.6 is 0 Å². The normalized spacial score (nSPS) is 23.2. The molecule has 1 fully saturated rings. The molecule has 102 valence electrons. The van der Waals surface area contributed by atoms with Crippen LogP contribution < -0.4 is 5.32 Å². The van der Waals surface area contributed by atoms with Gasteiger partial charge in [0.25, 0.3) is 0 Å². The maximum absolute atomic E-state index is 5.70. The molecule has 0 spiro atoms. The first-order valence-corrected chi connectivity index (χ1v) is 7.10. The van der Waals surface area contributed by atoms with E-state index in [9.17, 15) is 0 Å². The summed E-state index contributed by atoms with van der Waals surface area (Å²) >= 11 is 0. The number of nitrogens with one attached hydrogen (secondary N) is 1. The lowest BCUT2D eigenvalue weighted by Crippen LogP contribution is -2.33. The predicted octanol–water partition coefficient (Wildman–Crippen LogP) is 2.37. The molecule has 4 nitrogen and oxygen atoms in total. The molecule has 18 heavy (non-hydrogen) atoms. The van der Waals surface area contributed by atoms with Crippen molar-refractivity contribution in [2.75, 3.05) is 20.1 Å². The van der Waals surface area contributed by atoms with Crippen molar-refractivity contribution in [2.45, 2.75) is 51.6 Å². The molecule has 2 atom stereocenters. The molecule has 0 amide bonds. The summed E-state index contributed by atoms with van der Waals surface area (Å²) in [7, 11) is 1.98. The van der Waals surface area contributed by atoms with Gasteiger partial charge < -0.3 is 9.73 Å². The predicted molar refractivity (Wildman–Crippen MR) is 72.6 cm³/mol. The quantitative estimate of drug-likeness (QED) is 0.872. The SMILES string of the molecule is CCN1CCCCC1c1nc(CC(C)NC)co1. The van der Waals surface area contributed by atoms with E-state index >= 15 is 0 Å². The van der Waals surface area contributed by atoms with Crippen LogP contribution in [0.4, 0.5) is 0 Å². The molecular formula is C14H25N3O. The van der Waals surface area contributed by atoms with Gasteiger partial charge in [-0.25, -0.2) is 4.98 Å². The van der Waals surface area contributed by atoms with Crippen molar-refractivity contribution < 1.29 is 4.42 Å². The zero-order valence-electron chi connectivity index (χ0n) is 11.8. The van der Waals surface area contributed by atoms with Crippen LogP contribution in [0.2, 0.25) is 0 Å². The Morgan fingerprint density at radius 1 is 1.56 bits per heavy atom. The lowest BCUT2D eigenvalue weighted by molar-refractivity contribution is 0.133. The standard InChI is InChI=1S/C14H25N3O/c1-4-17-8-6-5-7-13(17)14-16-12(10-18-14)9-11(2)15-3/h10-11,13,15H,4-9H2,1-3H3. The second-order valence-corrected chi connectivity index (χ2v) is 5.21. The maximum Gasteiger partial charge on any atom is 0.211 e. The summed E-state index contributed by atoms with van der Waals surface area (Å²) < 4.78 is 5.70. The van der Waals surface area contributed by atoms with Crippen molar-refractivity contribution >= 4 is 0 Å². The fourth-order valence-electron chi connectivity index (χ4n) is 2.63. The first-order valence-electron chi connectivity index (χ1n) is 7.10. The average Bonchev–Trinajstić information content (AvgIpc) is 2.86. The molecule has 2 heterocycles. The molecule has 1 N–H and O–H groups in total. The van der Waals surface area contributed by atoms with Crippen LogP contribution in [-0.4, -0.2) is 36.1 Å². The number of hydrogen-bond donors (Lipinski definition) is 1. The second-order valence-electron chi connectivity index (χ2n) is 5.21. The van der Waals surface area contributed by atoms with E-state index in [1.165, 1.54) is 25.8 Å². The van der Waals surface area contributed by atoms with E-state index in [1.807, 2.05) is 13.3 Å². The third kappa shape index (κ3) is 3.12. The number of aromatic nitrogens is 1. The largest absolute Gasteiger partial charge is 0.447 e. The fraction of sp³-hybridized carbons (Fsp3) is 0.786. The third-order valence-corrected chi connectivity index (χ3v) is 3.88. The Kier molecular flexibility index (Phi) is 4.78. The van der Waals surface area contributed by atoms with Crippen LogP contribution in [0, 0.1) is 0 Å². The van der Waals surface area contributed by atoms with Crippen LogP contribution in [0.1, 0.15) is 50.7 Å². The Bertz CT molecular complexity index is 364. The highest BCUT2D eigenvalue weighted by Crippen LogP contribution is 2.30. The number of piperidine rings is 1. The molecule has 1 aliphatic rings. The van der Waals surface area contributed by atoms with E-state index < -0.39 is 0 Å². The van der Waals surface area contributed by atoms with Gasteiger partial charge in [0, 0.05) is 12.5 Å². The molecule has 1 aromatic heterocycles. The number of oxazole rings is 1. The van der Waals surface area contributed by atoms with Gasteiger partial charge in [-0.05, 0) is 39.9 Å². The van der Waals surface area contributed by atoms with Crippen molar-refractivity contribution in [1.29, 1.82) is 0 Å². The van der Waals surface area contributed by atoms with Gasteiger partial charge in [-0.15, -0.1) is 0 Å². The van der Waals surface area contributed by atoms with E-state index in [0.717, 1.165) is 24.6 Å². The Hall–Kier alpha value is -0.870. The molecule has 4 heteroatoms. The smallest absolute Gasteiger partial charge is 0.211 e. The van der Waals surface area contributed by atoms with Crippen LogP contribution in [0.5, 0.6) is 0 Å². The van der Waals surface area contributed by atoms with Crippen molar-refractivity contribution in [2.24, 2.45) is 0 Å². The molecular weight excluding hydrogens is 226 g/mol. The first kappa shape index (κ1) is 13.6. The Morgan fingerprint density at radius 3 is 3.11 bits per heavy atom. The molecule has 0 aromatic carbocycles. The zero-order chi connectivity index (χ0) is 13.0. The van der Waals surface area contributed by atoms with Crippen molar-refractivity contribution in [3.63, 3.8) is 0 Å². The summed E-state index contributed by atoms with van der Waals surface area (Å²) in [5.41, 5.74) is 1.06. The Balaban J connectivity index is 2.03. The van der Waals surface area contributed by atoms with Gasteiger partial charge in [-0.2, -0.15) is 0 Å². The van der Waals surface area contributed by atoms with Gasteiger partial charge in [0.15, 0.2) is 0 Å². The average molecular weight is 251 g/mol. The van der Waals surface area contributed by atoms with Crippen molar-refractivity contribution in [3.05, 3.63) is 17.8 Å². The summed E-state index contributed by atoms with van der Waals surface area (Å²) in [6.07, 6.45) is 6.51. The Morgan fingerprint density at radius 2 is 2.39 bits per heavy atom. The highest BCUT2D eigenvalue weighted by molar-refractivity contribution is 5.03. The monoisotopic (exact) mass is 251 g/mol. The molecule has 2 rings (SSSR count). The highest BCUT2D eigenvalue weighted by atomic mass is 16.3. The highest BCUT2D eigenvalue weighted by Gasteiger charge is 2.26. The minimum absolute atomic E-state index is 0.391. The summed E-state index contributed by atoms with van der Waals surface area (Å²) in [5, 5.41) is 3.23. The summed E-state index contributed by atoms with van der Waals surface area (Å²) in [6.45, 7) is 6.62. The molecule has 1 aromatic rings. The van der Waals surface area contributed by atoms with E-state index in [-0.39, 0.29) is 0 Å². The first-order chi connectivity index (χ1) is 8.74. The van der Waals surface area contributed by atoms with Gasteiger partial charge in [-0.3, -0.25) is 4.90 Å². The van der Waals surface area contributed by atoms with Crippen molar-refractivity contribution in [3.8, 4) is 0 Å². The van der Waals surface area contributed by atoms with E-state index in [1.54, 1.807) is 0 Å². The minimum atomic E-state index is 0.391. The van der Waals surface area contributed by atoms with E-state index in [4.69, 9.17) is 4.42 Å². The van der Waals surface area contributed by atoms with Gasteiger partial charge in [0.1, 0.15) is 6.26 Å². The number of hydrogen-bond acceptors (Lipinski definition) is 4. The molecule has 1 saturated heterocycles. The van der Waals surface area contributed by atoms with Crippen molar-refractivity contribution in [1.82, 2.24) is 15.2 Å². The number of rotatable bonds is 5. The van der Waals surface area contributed by atoms with Crippen LogP contribution in [0.25, 0.3) is 0 Å². The van der Waals surface area contributed by atoms with Gasteiger partial charge in [0.05, 0.1) is 11.7 Å². The van der Waals surface area contributed by atoms with E-state index in [2.05, 4.69) is 29.0 Å². The number of likely N-dealkylation sites (N-methyl/N-ethyl adjacent to an activating group) is 1. The zero-order valence-corrected chi connectivity index (χ0v) is 11.8. The van der Waals surface area contributed by atoms with Crippen LogP contribution in [0.15, 0.2) is 10.7 Å². The number of likely N-dealkylation sites (tertiary alicyclic amines) is 1. The van der Waals surface area contributed by atoms with Gasteiger partial charge >= 0.3 is 0 Å². The lowest BCUT2D eigenvalue weighted by Gasteiger charge is -2.32. The molecule has 2 unspecified atom stereocenters. The molecule has 0 saturated carbocycles. The molecule has 1 aliphatic heterocycles. The summed E-state index contributed by atoms with van der Waals surface area (Å²) in [4.78, 5) is 7.14. The summed E-state index contributed by atoms with van der Waals surface area (Å²) in [6, 6.07) is 0.832. The Labute approximate surface area is 110 Å². The molecule has 0 bridgehead atoms. The van der Waals surface area contributed by atoms with Gasteiger partial charge in [0.2, 0.25) is 5.89 Å². The lowest BCUT2D eigenvalue weighted by atomic mass is 10.0. The number of nitrogens with zero attached hydrogens (tertiary/aromatic N) is 2. The maximum atomic E-state index is 5.70. The van der Waals surface area contributed by atoms with Crippen LogP contribution in [0.3, 0.4) is 0 Å². The fourth-order valence-corrected chi connectivity index (χ4v) is 2.63. The van der Waals surface area contributed by atoms with Crippen LogP contribution in [-0.2, 0) is 6.42 Å².